The zero-order chi connectivity index (χ0) is 18.4. The molecule has 0 rings (SSSR count). The Morgan fingerprint density at radius 3 is 1.48 bits per heavy atom. The summed E-state index contributed by atoms with van der Waals surface area (Å²) < 4.78 is 87.9. The third-order valence-corrected chi connectivity index (χ3v) is 4.73. The van der Waals surface area contributed by atoms with E-state index in [9.17, 15) is 30.7 Å². The van der Waals surface area contributed by atoms with Crippen LogP contribution in [0, 0.1) is 0 Å². The predicted molar refractivity (Wildman–Crippen MR) is 85.6 cm³/mol. The molecule has 0 nitrogen and oxygen atoms in total. The highest BCUT2D eigenvalue weighted by atomic mass is 127. The van der Waals surface area contributed by atoms with E-state index in [2.05, 4.69) is 6.92 Å². The van der Waals surface area contributed by atoms with Crippen molar-refractivity contribution in [1.82, 2.24) is 0 Å². The molecule has 1 unspecified atom stereocenters. The molecule has 8 heteroatoms. The molecule has 0 aromatic heterocycles. The molecule has 0 aromatic rings. The van der Waals surface area contributed by atoms with Gasteiger partial charge in [-0.3, -0.25) is 0 Å². The Morgan fingerprint density at radius 2 is 1.09 bits per heavy atom. The summed E-state index contributed by atoms with van der Waals surface area (Å²) in [6.07, 6.45) is -6.98. The van der Waals surface area contributed by atoms with E-state index in [1.54, 1.807) is 0 Å². The second kappa shape index (κ2) is 9.08. The Bertz CT molecular complexity index is 320. The second-order valence-electron chi connectivity index (χ2n) is 6.26. The molecule has 0 bridgehead atoms. The maximum absolute atomic E-state index is 13.8. The Hall–Kier alpha value is 0.240. The van der Waals surface area contributed by atoms with Crippen molar-refractivity contribution in [2.24, 2.45) is 0 Å². The molecule has 0 amide bonds. The highest BCUT2D eigenvalue weighted by molar-refractivity contribution is 14.1. The van der Waals surface area contributed by atoms with E-state index in [1.165, 1.54) is 29.5 Å². The van der Waals surface area contributed by atoms with Gasteiger partial charge in [0.1, 0.15) is 0 Å². The van der Waals surface area contributed by atoms with Crippen molar-refractivity contribution in [3.63, 3.8) is 0 Å². The summed E-state index contributed by atoms with van der Waals surface area (Å²) in [5.74, 6) is 0. The molecule has 0 radical (unpaired) electrons. The van der Waals surface area contributed by atoms with Gasteiger partial charge in [0.15, 0.2) is 0 Å². The average molecular weight is 464 g/mol. The van der Waals surface area contributed by atoms with Crippen molar-refractivity contribution in [2.45, 2.75) is 93.1 Å². The Balaban J connectivity index is 4.52. The maximum Gasteiger partial charge on any atom is 0.431 e. The van der Waals surface area contributed by atoms with Crippen LogP contribution in [-0.4, -0.2) is 21.4 Å². The van der Waals surface area contributed by atoms with Crippen LogP contribution >= 0.6 is 22.6 Å². The number of unbranched alkanes of at least 4 members (excludes halogenated alkanes) is 6. The third-order valence-electron chi connectivity index (χ3n) is 3.81. The maximum atomic E-state index is 13.8. The van der Waals surface area contributed by atoms with E-state index in [0.29, 0.717) is 6.42 Å². The lowest BCUT2D eigenvalue weighted by Gasteiger charge is -2.35. The quantitative estimate of drug-likeness (QED) is 0.136. The molecule has 140 valence electrons. The molecule has 0 aromatic carbocycles. The fraction of sp³-hybridized carbons (Fsp3) is 1.00. The molecule has 0 saturated heterocycles. The Labute approximate surface area is 146 Å². The van der Waals surface area contributed by atoms with E-state index in [4.69, 9.17) is 0 Å². The minimum atomic E-state index is -5.96. The topological polar surface area (TPSA) is 0 Å². The van der Waals surface area contributed by atoms with Gasteiger partial charge >= 0.3 is 12.4 Å². The first-order chi connectivity index (χ1) is 10.3. The first kappa shape index (κ1) is 23.2. The minimum Gasteiger partial charge on any atom is -0.224 e. The van der Waals surface area contributed by atoms with Crippen LogP contribution in [0.25, 0.3) is 0 Å². The fourth-order valence-corrected chi connectivity index (χ4v) is 3.32. The van der Waals surface area contributed by atoms with E-state index >= 15 is 0 Å². The molecule has 0 saturated carbocycles. The van der Waals surface area contributed by atoms with Crippen molar-refractivity contribution in [3.05, 3.63) is 0 Å². The first-order valence-corrected chi connectivity index (χ1v) is 8.86. The van der Waals surface area contributed by atoms with Gasteiger partial charge in [0.05, 0.1) is 0 Å². The SMILES string of the molecule is CCCCCCCCCC(C)(I)CC(F)(C(F)(F)F)C(F)(F)F. The summed E-state index contributed by atoms with van der Waals surface area (Å²) in [4.78, 5) is 0. The van der Waals surface area contributed by atoms with Crippen LogP contribution in [-0.2, 0) is 0 Å². The van der Waals surface area contributed by atoms with E-state index < -0.39 is 27.9 Å². The standard InChI is InChI=1S/C15H24F7I/c1-3-4-5-6-7-8-9-10-12(2,23)11-13(16,14(17,18)19)15(20,21)22/h3-11H2,1-2H3. The molecule has 0 fully saturated rings. The lowest BCUT2D eigenvalue weighted by molar-refractivity contribution is -0.344. The van der Waals surface area contributed by atoms with Crippen molar-refractivity contribution < 1.29 is 30.7 Å². The van der Waals surface area contributed by atoms with Gasteiger partial charge in [-0.2, -0.15) is 26.3 Å². The Kier molecular flexibility index (Phi) is 9.18. The molecular weight excluding hydrogens is 440 g/mol. The largest absolute Gasteiger partial charge is 0.431 e. The van der Waals surface area contributed by atoms with E-state index in [-0.39, 0.29) is 6.42 Å². The van der Waals surface area contributed by atoms with Gasteiger partial charge < -0.3 is 0 Å². The van der Waals surface area contributed by atoms with Gasteiger partial charge in [0, 0.05) is 9.84 Å². The second-order valence-corrected chi connectivity index (χ2v) is 8.86. The number of hydrogen-bond acceptors (Lipinski definition) is 0. The summed E-state index contributed by atoms with van der Waals surface area (Å²) in [7, 11) is 0. The smallest absolute Gasteiger partial charge is 0.224 e. The van der Waals surface area contributed by atoms with Gasteiger partial charge in [-0.25, -0.2) is 4.39 Å². The van der Waals surface area contributed by atoms with Crippen molar-refractivity contribution in [2.75, 3.05) is 0 Å². The zero-order valence-corrected chi connectivity index (χ0v) is 15.5. The molecule has 0 aliphatic heterocycles. The van der Waals surface area contributed by atoms with Crippen molar-refractivity contribution in [1.29, 1.82) is 0 Å². The molecule has 0 heterocycles. The molecule has 23 heavy (non-hydrogen) atoms. The highest BCUT2D eigenvalue weighted by Gasteiger charge is 2.73. The van der Waals surface area contributed by atoms with Gasteiger partial charge in [-0.1, -0.05) is 81.4 Å². The Morgan fingerprint density at radius 1 is 0.696 bits per heavy atom. The highest BCUT2D eigenvalue weighted by Crippen LogP contribution is 2.52. The summed E-state index contributed by atoms with van der Waals surface area (Å²) >= 11 is 1.52. The minimum absolute atomic E-state index is 0.124. The predicted octanol–water partition coefficient (Wildman–Crippen LogP) is 7.54. The van der Waals surface area contributed by atoms with E-state index in [0.717, 1.165) is 38.5 Å². The van der Waals surface area contributed by atoms with Crippen LogP contribution in [0.5, 0.6) is 0 Å². The summed E-state index contributed by atoms with van der Waals surface area (Å²) in [5.41, 5.74) is -5.16. The van der Waals surface area contributed by atoms with Gasteiger partial charge in [0.25, 0.3) is 5.67 Å². The number of rotatable bonds is 10. The number of alkyl halides is 8. The molecule has 0 N–H and O–H groups in total. The van der Waals surface area contributed by atoms with Crippen LogP contribution < -0.4 is 0 Å². The third kappa shape index (κ3) is 7.77. The van der Waals surface area contributed by atoms with Crippen molar-refractivity contribution in [3.8, 4) is 0 Å². The summed E-state index contributed by atoms with van der Waals surface area (Å²) in [6, 6.07) is 0. The fourth-order valence-electron chi connectivity index (χ4n) is 2.41. The van der Waals surface area contributed by atoms with Crippen LogP contribution in [0.2, 0.25) is 0 Å². The normalized spacial score (nSPS) is 16.4. The monoisotopic (exact) mass is 464 g/mol. The lowest BCUT2D eigenvalue weighted by Crippen LogP contribution is -2.55. The summed E-state index contributed by atoms with van der Waals surface area (Å²) in [6.45, 7) is 3.32. The zero-order valence-electron chi connectivity index (χ0n) is 13.4. The van der Waals surface area contributed by atoms with Crippen molar-refractivity contribution >= 4 is 22.6 Å². The molecule has 0 spiro atoms. The number of halogens is 8. The molecule has 0 aliphatic carbocycles. The summed E-state index contributed by atoms with van der Waals surface area (Å²) in [5, 5.41) is 0. The molecular formula is C15H24F7I. The van der Waals surface area contributed by atoms with E-state index in [1.807, 2.05) is 0 Å². The van der Waals surface area contributed by atoms with Crippen LogP contribution in [0.4, 0.5) is 30.7 Å². The molecule has 1 atom stereocenters. The lowest BCUT2D eigenvalue weighted by atomic mass is 9.88. The average Bonchev–Trinajstić information content (AvgIpc) is 2.34. The first-order valence-electron chi connectivity index (χ1n) is 7.78. The van der Waals surface area contributed by atoms with Gasteiger partial charge in [-0.05, 0) is 6.42 Å². The van der Waals surface area contributed by atoms with Gasteiger partial charge in [0.2, 0.25) is 0 Å². The van der Waals surface area contributed by atoms with Gasteiger partial charge in [-0.15, -0.1) is 0 Å². The van der Waals surface area contributed by atoms with Crippen LogP contribution in [0.15, 0.2) is 0 Å². The number of hydrogen-bond donors (Lipinski definition) is 0. The van der Waals surface area contributed by atoms with Crippen LogP contribution in [0.3, 0.4) is 0 Å². The van der Waals surface area contributed by atoms with Crippen LogP contribution in [0.1, 0.15) is 71.6 Å². The molecule has 0 aliphatic rings.